The summed E-state index contributed by atoms with van der Waals surface area (Å²) >= 11 is 3.23. The van der Waals surface area contributed by atoms with Crippen LogP contribution >= 0.6 is 15.9 Å². The lowest BCUT2D eigenvalue weighted by Crippen LogP contribution is -1.94. The number of hydrogen-bond acceptors (Lipinski definition) is 3. The molecule has 2 N–H and O–H groups in total. The number of nitrogens with two attached hydrogens (primary N) is 1. The van der Waals surface area contributed by atoms with E-state index in [1.807, 2.05) is 30.3 Å². The van der Waals surface area contributed by atoms with Crippen LogP contribution in [0.2, 0.25) is 0 Å². The Balaban J connectivity index is 1.99. The minimum absolute atomic E-state index is 0.398. The maximum Gasteiger partial charge on any atom is 0.169 e. The lowest BCUT2D eigenvalue weighted by atomic mass is 10.3. The zero-order chi connectivity index (χ0) is 10.7. The summed E-state index contributed by atoms with van der Waals surface area (Å²) in [4.78, 5) is 0. The van der Waals surface area contributed by atoms with Gasteiger partial charge in [-0.05, 0) is 40.2 Å². The van der Waals surface area contributed by atoms with Crippen LogP contribution in [-0.2, 0) is 6.61 Å². The Hall–Kier alpha value is -1.42. The van der Waals surface area contributed by atoms with Gasteiger partial charge in [-0.2, -0.15) is 0 Å². The molecular formula is C11H10BrNO2. The van der Waals surface area contributed by atoms with E-state index in [1.54, 1.807) is 6.07 Å². The lowest BCUT2D eigenvalue weighted by molar-refractivity contribution is 0.268. The molecule has 0 fully saturated rings. The van der Waals surface area contributed by atoms with Crippen LogP contribution in [0.4, 0.5) is 5.69 Å². The highest BCUT2D eigenvalue weighted by molar-refractivity contribution is 9.10. The Labute approximate surface area is 96.0 Å². The molecule has 1 aromatic heterocycles. The third-order valence-electron chi connectivity index (χ3n) is 1.87. The Morgan fingerprint density at radius 1 is 1.27 bits per heavy atom. The van der Waals surface area contributed by atoms with Gasteiger partial charge in [0, 0.05) is 11.8 Å². The van der Waals surface area contributed by atoms with E-state index < -0.39 is 0 Å². The molecule has 0 amide bonds. The molecule has 0 saturated heterocycles. The SMILES string of the molecule is Nc1cccc(OCc2ccc(Br)o2)c1. The Kier molecular flexibility index (Phi) is 2.97. The lowest BCUT2D eigenvalue weighted by Gasteiger charge is -2.04. The van der Waals surface area contributed by atoms with Crippen LogP contribution in [0.1, 0.15) is 5.76 Å². The highest BCUT2D eigenvalue weighted by Crippen LogP contribution is 2.18. The van der Waals surface area contributed by atoms with Crippen LogP contribution in [0.5, 0.6) is 5.75 Å². The predicted octanol–water partition coefficient (Wildman–Crippen LogP) is 3.20. The van der Waals surface area contributed by atoms with Crippen molar-refractivity contribution in [2.75, 3.05) is 5.73 Å². The van der Waals surface area contributed by atoms with Crippen molar-refractivity contribution in [3.05, 3.63) is 46.8 Å². The molecule has 0 atom stereocenters. The number of anilines is 1. The monoisotopic (exact) mass is 267 g/mol. The van der Waals surface area contributed by atoms with Gasteiger partial charge in [0.2, 0.25) is 0 Å². The molecule has 2 rings (SSSR count). The van der Waals surface area contributed by atoms with Gasteiger partial charge < -0.3 is 14.9 Å². The molecular weight excluding hydrogens is 258 g/mol. The number of rotatable bonds is 3. The van der Waals surface area contributed by atoms with Crippen molar-refractivity contribution in [1.82, 2.24) is 0 Å². The van der Waals surface area contributed by atoms with Crippen molar-refractivity contribution in [1.29, 1.82) is 0 Å². The van der Waals surface area contributed by atoms with Crippen LogP contribution in [0.25, 0.3) is 0 Å². The zero-order valence-electron chi connectivity index (χ0n) is 7.94. The normalized spacial score (nSPS) is 10.2. The summed E-state index contributed by atoms with van der Waals surface area (Å²) in [7, 11) is 0. The summed E-state index contributed by atoms with van der Waals surface area (Å²) in [6, 6.07) is 11.0. The van der Waals surface area contributed by atoms with E-state index in [0.717, 1.165) is 11.5 Å². The molecule has 0 radical (unpaired) electrons. The van der Waals surface area contributed by atoms with Gasteiger partial charge in [0.25, 0.3) is 0 Å². The molecule has 1 heterocycles. The summed E-state index contributed by atoms with van der Waals surface area (Å²) in [6.07, 6.45) is 0. The minimum atomic E-state index is 0.398. The third-order valence-corrected chi connectivity index (χ3v) is 2.29. The van der Waals surface area contributed by atoms with E-state index in [1.165, 1.54) is 0 Å². The largest absolute Gasteiger partial charge is 0.486 e. The van der Waals surface area contributed by atoms with Crippen molar-refractivity contribution >= 4 is 21.6 Å². The van der Waals surface area contributed by atoms with E-state index in [2.05, 4.69) is 15.9 Å². The van der Waals surface area contributed by atoms with Gasteiger partial charge >= 0.3 is 0 Å². The summed E-state index contributed by atoms with van der Waals surface area (Å²) in [5.41, 5.74) is 6.31. The van der Waals surface area contributed by atoms with Crippen LogP contribution < -0.4 is 10.5 Å². The van der Waals surface area contributed by atoms with Crippen molar-refractivity contribution in [3.8, 4) is 5.75 Å². The molecule has 0 unspecified atom stereocenters. The minimum Gasteiger partial charge on any atom is -0.486 e. The summed E-state index contributed by atoms with van der Waals surface area (Å²) in [5, 5.41) is 0. The molecule has 2 aromatic rings. The second-order valence-corrected chi connectivity index (χ2v) is 3.85. The van der Waals surface area contributed by atoms with Gasteiger partial charge in [-0.25, -0.2) is 0 Å². The molecule has 4 heteroatoms. The molecule has 0 aliphatic heterocycles. The second-order valence-electron chi connectivity index (χ2n) is 3.07. The van der Waals surface area contributed by atoms with Gasteiger partial charge in [-0.3, -0.25) is 0 Å². The molecule has 0 aliphatic rings. The summed E-state index contributed by atoms with van der Waals surface area (Å²) in [6.45, 7) is 0.398. The number of nitrogen functional groups attached to an aromatic ring is 1. The Morgan fingerprint density at radius 2 is 2.13 bits per heavy atom. The van der Waals surface area contributed by atoms with E-state index in [-0.39, 0.29) is 0 Å². The van der Waals surface area contributed by atoms with E-state index in [0.29, 0.717) is 17.0 Å². The number of ether oxygens (including phenoxy) is 1. The summed E-state index contributed by atoms with van der Waals surface area (Å²) in [5.74, 6) is 1.51. The number of benzene rings is 1. The fourth-order valence-corrected chi connectivity index (χ4v) is 1.53. The quantitative estimate of drug-likeness (QED) is 0.869. The molecule has 3 nitrogen and oxygen atoms in total. The van der Waals surface area contributed by atoms with Crippen molar-refractivity contribution < 1.29 is 9.15 Å². The van der Waals surface area contributed by atoms with Crippen molar-refractivity contribution in [2.24, 2.45) is 0 Å². The maximum absolute atomic E-state index is 5.62. The average molecular weight is 268 g/mol. The first-order valence-electron chi connectivity index (χ1n) is 4.46. The van der Waals surface area contributed by atoms with Crippen molar-refractivity contribution in [2.45, 2.75) is 6.61 Å². The first kappa shape index (κ1) is 10.1. The molecule has 15 heavy (non-hydrogen) atoms. The third kappa shape index (κ3) is 2.76. The number of furan rings is 1. The van der Waals surface area contributed by atoms with Crippen LogP contribution in [0.15, 0.2) is 45.5 Å². The molecule has 0 spiro atoms. The molecule has 78 valence electrons. The van der Waals surface area contributed by atoms with Gasteiger partial charge in [0.1, 0.15) is 18.1 Å². The average Bonchev–Trinajstić information content (AvgIpc) is 2.62. The zero-order valence-corrected chi connectivity index (χ0v) is 9.53. The molecule has 0 bridgehead atoms. The van der Waals surface area contributed by atoms with E-state index >= 15 is 0 Å². The summed E-state index contributed by atoms with van der Waals surface area (Å²) < 4.78 is 11.5. The van der Waals surface area contributed by atoms with Gasteiger partial charge in [-0.1, -0.05) is 6.07 Å². The first-order chi connectivity index (χ1) is 7.24. The standard InChI is InChI=1S/C11H10BrNO2/c12-11-5-4-10(15-11)7-14-9-3-1-2-8(13)6-9/h1-6H,7,13H2. The molecule has 0 aliphatic carbocycles. The highest BCUT2D eigenvalue weighted by atomic mass is 79.9. The van der Waals surface area contributed by atoms with E-state index in [9.17, 15) is 0 Å². The van der Waals surface area contributed by atoms with Crippen LogP contribution in [0, 0.1) is 0 Å². The van der Waals surface area contributed by atoms with Gasteiger partial charge in [-0.15, -0.1) is 0 Å². The Bertz CT molecular complexity index is 453. The maximum atomic E-state index is 5.62. The van der Waals surface area contributed by atoms with Gasteiger partial charge in [0.15, 0.2) is 4.67 Å². The second kappa shape index (κ2) is 4.40. The van der Waals surface area contributed by atoms with Gasteiger partial charge in [0.05, 0.1) is 0 Å². The molecule has 0 saturated carbocycles. The Morgan fingerprint density at radius 3 is 2.80 bits per heavy atom. The number of hydrogen-bond donors (Lipinski definition) is 1. The van der Waals surface area contributed by atoms with Crippen molar-refractivity contribution in [3.63, 3.8) is 0 Å². The molecule has 1 aromatic carbocycles. The van der Waals surface area contributed by atoms with E-state index in [4.69, 9.17) is 14.9 Å². The topological polar surface area (TPSA) is 48.4 Å². The number of halogens is 1. The first-order valence-corrected chi connectivity index (χ1v) is 5.26. The van der Waals surface area contributed by atoms with Crippen LogP contribution in [-0.4, -0.2) is 0 Å². The smallest absolute Gasteiger partial charge is 0.169 e. The highest BCUT2D eigenvalue weighted by Gasteiger charge is 2.00. The fourth-order valence-electron chi connectivity index (χ4n) is 1.19. The fraction of sp³-hybridized carbons (Fsp3) is 0.0909. The van der Waals surface area contributed by atoms with Crippen LogP contribution in [0.3, 0.4) is 0 Å². The predicted molar refractivity (Wildman–Crippen MR) is 61.6 cm³/mol.